The second-order valence-electron chi connectivity index (χ2n) is 14.2. The molecule has 0 aromatic heterocycles. The summed E-state index contributed by atoms with van der Waals surface area (Å²) in [5.74, 6) is -5.76. The predicted octanol–water partition coefficient (Wildman–Crippen LogP) is 4.79. The van der Waals surface area contributed by atoms with Gasteiger partial charge in [0, 0.05) is 29.6 Å². The van der Waals surface area contributed by atoms with Gasteiger partial charge in [-0.25, -0.2) is 9.59 Å². The molecule has 0 radical (unpaired) electrons. The Morgan fingerprint density at radius 3 is 2.17 bits per heavy atom. The molecule has 14 heteroatoms. The predicted molar refractivity (Wildman–Crippen MR) is 176 cm³/mol. The molecular formula is C34H48ClF3N4O6. The lowest BCUT2D eigenvalue weighted by Crippen LogP contribution is -2.61. The summed E-state index contributed by atoms with van der Waals surface area (Å²) in [4.78, 5) is 67.6. The smallest absolute Gasteiger partial charge is 0.385 e. The number of nitrogens with one attached hydrogen (secondary N) is 2. The lowest BCUT2D eigenvalue weighted by Gasteiger charge is -2.40. The van der Waals surface area contributed by atoms with Crippen molar-refractivity contribution in [1.82, 2.24) is 20.4 Å². The summed E-state index contributed by atoms with van der Waals surface area (Å²) in [5.41, 5.74) is -0.482. The number of likely N-dealkylation sites (N-methyl/N-ethyl adjacent to an activating group) is 2. The molecule has 1 aliphatic rings. The zero-order chi connectivity index (χ0) is 36.9. The molecule has 3 amide bonds. The average molecular weight is 701 g/mol. The second kappa shape index (κ2) is 15.8. The molecule has 2 rings (SSSR count). The molecule has 1 aromatic carbocycles. The van der Waals surface area contributed by atoms with Crippen molar-refractivity contribution in [2.45, 2.75) is 104 Å². The van der Waals surface area contributed by atoms with Gasteiger partial charge in [-0.15, -0.1) is 0 Å². The first-order valence-corrected chi connectivity index (χ1v) is 16.2. The van der Waals surface area contributed by atoms with Gasteiger partial charge in [0.15, 0.2) is 0 Å². The van der Waals surface area contributed by atoms with E-state index in [1.165, 1.54) is 11.8 Å². The molecule has 0 saturated carbocycles. The third-order valence-electron chi connectivity index (χ3n) is 8.69. The molecule has 1 heterocycles. The zero-order valence-corrected chi connectivity index (χ0v) is 30.0. The summed E-state index contributed by atoms with van der Waals surface area (Å²) in [5, 5.41) is 6.57. The summed E-state index contributed by atoms with van der Waals surface area (Å²) >= 11 is 6.23. The molecule has 268 valence electrons. The van der Waals surface area contributed by atoms with Crippen LogP contribution < -0.4 is 10.6 Å². The number of carbonyl (C=O) groups is 5. The normalized spacial score (nSPS) is 17.9. The van der Waals surface area contributed by atoms with Gasteiger partial charge in [-0.1, -0.05) is 78.3 Å². The fourth-order valence-corrected chi connectivity index (χ4v) is 6.07. The molecule has 1 aliphatic heterocycles. The van der Waals surface area contributed by atoms with Crippen molar-refractivity contribution in [2.24, 2.45) is 11.3 Å². The Balaban J connectivity index is 2.33. The van der Waals surface area contributed by atoms with E-state index in [2.05, 4.69) is 15.4 Å². The number of hydrogen-bond acceptors (Lipinski definition) is 7. The Bertz CT molecular complexity index is 1410. The van der Waals surface area contributed by atoms with Gasteiger partial charge in [-0.2, -0.15) is 13.2 Å². The van der Waals surface area contributed by atoms with Gasteiger partial charge >= 0.3 is 18.1 Å². The van der Waals surface area contributed by atoms with E-state index in [1.54, 1.807) is 38.4 Å². The Hall–Kier alpha value is -3.45. The van der Waals surface area contributed by atoms with E-state index in [4.69, 9.17) is 11.6 Å². The molecular weight excluding hydrogens is 653 g/mol. The van der Waals surface area contributed by atoms with Crippen molar-refractivity contribution in [2.75, 3.05) is 20.6 Å². The number of rotatable bonds is 11. The van der Waals surface area contributed by atoms with Crippen molar-refractivity contribution in [3.05, 3.63) is 46.5 Å². The Morgan fingerprint density at radius 1 is 1.06 bits per heavy atom. The average Bonchev–Trinajstić information content (AvgIpc) is 3.46. The maximum atomic E-state index is 14.1. The molecule has 0 bridgehead atoms. The molecule has 10 nitrogen and oxygen atoms in total. The molecule has 4 atom stereocenters. The van der Waals surface area contributed by atoms with E-state index in [9.17, 15) is 37.1 Å². The third-order valence-corrected chi connectivity index (χ3v) is 8.92. The van der Waals surface area contributed by atoms with Crippen molar-refractivity contribution < 1.29 is 41.9 Å². The van der Waals surface area contributed by atoms with E-state index in [1.807, 2.05) is 54.5 Å². The maximum absolute atomic E-state index is 14.1. The van der Waals surface area contributed by atoms with Crippen LogP contribution in [-0.2, 0) is 34.1 Å². The summed E-state index contributed by atoms with van der Waals surface area (Å²) in [6.07, 6.45) is -3.44. The number of nitrogens with zero attached hydrogens (tertiary/aromatic N) is 2. The van der Waals surface area contributed by atoms with Gasteiger partial charge in [-0.3, -0.25) is 14.4 Å². The first-order chi connectivity index (χ1) is 21.9. The molecule has 1 fully saturated rings. The monoisotopic (exact) mass is 700 g/mol. The van der Waals surface area contributed by atoms with E-state index in [0.717, 1.165) is 10.5 Å². The van der Waals surface area contributed by atoms with Crippen LogP contribution in [0.1, 0.15) is 73.8 Å². The van der Waals surface area contributed by atoms with Crippen LogP contribution in [0.2, 0.25) is 5.02 Å². The van der Waals surface area contributed by atoms with Crippen molar-refractivity contribution in [3.8, 4) is 0 Å². The van der Waals surface area contributed by atoms with Crippen LogP contribution in [-0.4, -0.2) is 90.4 Å². The molecule has 0 unspecified atom stereocenters. The Morgan fingerprint density at radius 2 is 1.67 bits per heavy atom. The minimum Gasteiger partial charge on any atom is -0.385 e. The number of alkyl halides is 3. The Kier molecular flexibility index (Phi) is 13.4. The van der Waals surface area contributed by atoms with Crippen molar-refractivity contribution in [1.29, 1.82) is 0 Å². The van der Waals surface area contributed by atoms with Crippen LogP contribution in [0.3, 0.4) is 0 Å². The standard InChI is InChI=1S/C34H48ClF3N4O6/c1-19(2)24(17-20(3)28(44)42-16-12-15-23(42)30(46)48-31(47)34(36,37)38)41(10)29(45)26(32(4,5)6)40-27(43)25(39-9)33(7,8)21-13-11-14-22(35)18-21/h11,13-14,17-19,23-26,39H,12,15-16H2,1-10H3,(H,40,43)/b20-17+/t23-,24+,25+,26+/m0/s1. The lowest BCUT2D eigenvalue weighted by molar-refractivity contribution is -0.203. The minimum absolute atomic E-state index is 0.0314. The van der Waals surface area contributed by atoms with Gasteiger partial charge in [0.2, 0.25) is 17.7 Å². The molecule has 0 spiro atoms. The van der Waals surface area contributed by atoms with E-state index in [0.29, 0.717) is 11.4 Å². The maximum Gasteiger partial charge on any atom is 0.491 e. The van der Waals surface area contributed by atoms with Crippen molar-refractivity contribution >= 4 is 41.3 Å². The van der Waals surface area contributed by atoms with E-state index >= 15 is 0 Å². The zero-order valence-electron chi connectivity index (χ0n) is 29.3. The number of benzene rings is 1. The highest BCUT2D eigenvalue weighted by Crippen LogP contribution is 2.31. The fourth-order valence-electron chi connectivity index (χ4n) is 5.88. The van der Waals surface area contributed by atoms with Crippen molar-refractivity contribution in [3.63, 3.8) is 0 Å². The van der Waals surface area contributed by atoms with Crippen LogP contribution in [0.25, 0.3) is 0 Å². The number of amides is 3. The Labute approximate surface area is 285 Å². The highest BCUT2D eigenvalue weighted by atomic mass is 35.5. The number of halogens is 4. The topological polar surface area (TPSA) is 125 Å². The van der Waals surface area contributed by atoms with Gasteiger partial charge in [0.25, 0.3) is 0 Å². The molecule has 1 aromatic rings. The number of esters is 2. The van der Waals surface area contributed by atoms with E-state index in [-0.39, 0.29) is 24.5 Å². The number of likely N-dealkylation sites (tertiary alicyclic amines) is 1. The first kappa shape index (κ1) is 40.7. The summed E-state index contributed by atoms with van der Waals surface area (Å²) < 4.78 is 42.0. The van der Waals surface area contributed by atoms with Gasteiger partial charge in [0.1, 0.15) is 12.1 Å². The molecule has 0 aliphatic carbocycles. The second-order valence-corrected chi connectivity index (χ2v) is 14.6. The largest absolute Gasteiger partial charge is 0.491 e. The SMILES string of the molecule is CN[C@H](C(=O)N[C@H](C(=O)N(C)[C@H](/C=C(\C)C(=O)N1CCC[C@H]1C(=O)OC(=O)C(F)(F)F)C(C)C)C(C)(C)C)C(C)(C)c1cccc(Cl)c1. The molecule has 2 N–H and O–H groups in total. The van der Waals surface area contributed by atoms with Crippen LogP contribution in [0.5, 0.6) is 0 Å². The summed E-state index contributed by atoms with van der Waals surface area (Å²) in [6, 6.07) is 3.48. The lowest BCUT2D eigenvalue weighted by atomic mass is 9.76. The first-order valence-electron chi connectivity index (χ1n) is 15.8. The van der Waals surface area contributed by atoms with Crippen LogP contribution in [0.15, 0.2) is 35.9 Å². The van der Waals surface area contributed by atoms with Gasteiger partial charge < -0.3 is 25.2 Å². The quantitative estimate of drug-likeness (QED) is 0.193. The summed E-state index contributed by atoms with van der Waals surface area (Å²) in [7, 11) is 3.23. The van der Waals surface area contributed by atoms with Crippen LogP contribution >= 0.6 is 11.6 Å². The van der Waals surface area contributed by atoms with E-state index < -0.39 is 70.8 Å². The number of ether oxygens (including phenoxy) is 1. The molecule has 1 saturated heterocycles. The number of carbonyl (C=O) groups excluding carboxylic acids is 5. The third kappa shape index (κ3) is 9.81. The number of hydrogen-bond donors (Lipinski definition) is 2. The molecule has 48 heavy (non-hydrogen) atoms. The van der Waals surface area contributed by atoms with Gasteiger partial charge in [0.05, 0.1) is 12.1 Å². The highest BCUT2D eigenvalue weighted by molar-refractivity contribution is 6.30. The minimum atomic E-state index is -5.36. The highest BCUT2D eigenvalue weighted by Gasteiger charge is 2.46. The van der Waals surface area contributed by atoms with Gasteiger partial charge in [-0.05, 0) is 55.8 Å². The fraction of sp³-hybridized carbons (Fsp3) is 0.618. The van der Waals surface area contributed by atoms with Crippen LogP contribution in [0.4, 0.5) is 13.2 Å². The summed E-state index contributed by atoms with van der Waals surface area (Å²) in [6.45, 7) is 14.5. The van der Waals surface area contributed by atoms with Crippen LogP contribution in [0, 0.1) is 11.3 Å².